The second-order valence-corrected chi connectivity index (χ2v) is 7.38. The Morgan fingerprint density at radius 2 is 1.56 bits per heavy atom. The number of nitrogens with one attached hydrogen (secondary N) is 2. The number of nitrogens with zero attached hydrogens (tertiary/aromatic N) is 1. The first-order valence-corrected chi connectivity index (χ1v) is 9.20. The molecular weight excluding hydrogens is 379 g/mol. The maximum atomic E-state index is 13.3. The highest BCUT2D eigenvalue weighted by molar-refractivity contribution is 7.92. The number of aromatic nitrogens is 1. The van der Waals surface area contributed by atoms with Crippen molar-refractivity contribution >= 4 is 27.2 Å². The first-order valence-electron chi connectivity index (χ1n) is 7.72. The average molecular weight is 393 g/mol. The second-order valence-electron chi connectivity index (χ2n) is 5.70. The van der Waals surface area contributed by atoms with Crippen molar-refractivity contribution in [2.75, 3.05) is 10.0 Å². The number of pyridine rings is 1. The van der Waals surface area contributed by atoms with Gasteiger partial charge in [0.25, 0.3) is 10.0 Å². The van der Waals surface area contributed by atoms with Crippen molar-refractivity contribution in [2.24, 2.45) is 0 Å². The number of anilines is 3. The van der Waals surface area contributed by atoms with Crippen LogP contribution < -0.4 is 10.0 Å². The van der Waals surface area contributed by atoms with Crippen molar-refractivity contribution < 1.29 is 21.6 Å². The molecular formula is C18H14F3N3O2S. The average Bonchev–Trinajstić information content (AvgIpc) is 2.62. The van der Waals surface area contributed by atoms with Gasteiger partial charge in [0.15, 0.2) is 11.6 Å². The summed E-state index contributed by atoms with van der Waals surface area (Å²) in [6, 6.07) is 9.68. The largest absolute Gasteiger partial charge is 0.340 e. The lowest BCUT2D eigenvalue weighted by Gasteiger charge is -2.10. The van der Waals surface area contributed by atoms with Crippen LogP contribution in [0, 0.1) is 24.4 Å². The molecule has 0 bridgehead atoms. The SMILES string of the molecule is Cc1cc(S(=O)(=O)Nc2ccc(Nc3ccc(F)c(F)c3)nc2)ccc1F. The van der Waals surface area contributed by atoms with E-state index in [0.717, 1.165) is 24.3 Å². The second kappa shape index (κ2) is 7.28. The summed E-state index contributed by atoms with van der Waals surface area (Å²) in [7, 11) is -3.90. The third-order valence-electron chi connectivity index (χ3n) is 3.65. The predicted octanol–water partition coefficient (Wildman–Crippen LogP) is 4.35. The van der Waals surface area contributed by atoms with Crippen LogP contribution in [0.4, 0.5) is 30.4 Å². The van der Waals surface area contributed by atoms with Crippen LogP contribution in [-0.4, -0.2) is 13.4 Å². The zero-order valence-corrected chi connectivity index (χ0v) is 14.8. The normalized spacial score (nSPS) is 11.3. The highest BCUT2D eigenvalue weighted by Gasteiger charge is 2.15. The lowest BCUT2D eigenvalue weighted by molar-refractivity contribution is 0.509. The van der Waals surface area contributed by atoms with Gasteiger partial charge in [-0.2, -0.15) is 0 Å². The van der Waals surface area contributed by atoms with E-state index in [1.165, 1.54) is 37.4 Å². The van der Waals surface area contributed by atoms with Gasteiger partial charge < -0.3 is 5.32 Å². The molecule has 0 amide bonds. The lowest BCUT2D eigenvalue weighted by atomic mass is 10.2. The molecule has 1 aromatic heterocycles. The molecule has 9 heteroatoms. The summed E-state index contributed by atoms with van der Waals surface area (Å²) >= 11 is 0. The Bertz CT molecular complexity index is 1090. The fourth-order valence-corrected chi connectivity index (χ4v) is 3.38. The Hall–Kier alpha value is -3.07. The number of rotatable bonds is 5. The molecule has 0 fully saturated rings. The quantitative estimate of drug-likeness (QED) is 0.676. The lowest BCUT2D eigenvalue weighted by Crippen LogP contribution is -2.13. The van der Waals surface area contributed by atoms with Crippen LogP contribution >= 0.6 is 0 Å². The van der Waals surface area contributed by atoms with Gasteiger partial charge in [0, 0.05) is 11.8 Å². The van der Waals surface area contributed by atoms with E-state index in [1.54, 1.807) is 0 Å². The van der Waals surface area contributed by atoms with Crippen molar-refractivity contribution in [3.05, 3.63) is 77.7 Å². The van der Waals surface area contributed by atoms with Crippen LogP contribution in [0.25, 0.3) is 0 Å². The molecule has 0 spiro atoms. The molecule has 0 saturated heterocycles. The zero-order valence-electron chi connectivity index (χ0n) is 14.0. The summed E-state index contributed by atoms with van der Waals surface area (Å²) in [5.74, 6) is -2.15. The first kappa shape index (κ1) is 18.7. The summed E-state index contributed by atoms with van der Waals surface area (Å²) in [5.41, 5.74) is 0.686. The summed E-state index contributed by atoms with van der Waals surface area (Å²) in [6.45, 7) is 1.47. The molecule has 5 nitrogen and oxygen atoms in total. The minimum Gasteiger partial charge on any atom is -0.340 e. The molecule has 0 aliphatic heterocycles. The van der Waals surface area contributed by atoms with E-state index in [0.29, 0.717) is 5.82 Å². The number of aryl methyl sites for hydroxylation is 1. The third-order valence-corrected chi connectivity index (χ3v) is 5.03. The smallest absolute Gasteiger partial charge is 0.261 e. The molecule has 140 valence electrons. The van der Waals surface area contributed by atoms with Crippen molar-refractivity contribution in [2.45, 2.75) is 11.8 Å². The van der Waals surface area contributed by atoms with Crippen molar-refractivity contribution in [1.82, 2.24) is 4.98 Å². The van der Waals surface area contributed by atoms with Crippen LogP contribution in [0.5, 0.6) is 0 Å². The van der Waals surface area contributed by atoms with Gasteiger partial charge in [-0.3, -0.25) is 4.72 Å². The van der Waals surface area contributed by atoms with Crippen LogP contribution in [0.3, 0.4) is 0 Å². The Balaban J connectivity index is 1.74. The minimum atomic E-state index is -3.90. The molecule has 2 aromatic carbocycles. The molecule has 0 atom stereocenters. The summed E-state index contributed by atoms with van der Waals surface area (Å²) < 4.78 is 66.5. The topological polar surface area (TPSA) is 71.1 Å². The number of sulfonamides is 1. The van der Waals surface area contributed by atoms with Crippen molar-refractivity contribution in [3.63, 3.8) is 0 Å². The van der Waals surface area contributed by atoms with Gasteiger partial charge in [-0.25, -0.2) is 26.6 Å². The fraction of sp³-hybridized carbons (Fsp3) is 0.0556. The number of hydrogen-bond donors (Lipinski definition) is 2. The molecule has 27 heavy (non-hydrogen) atoms. The Morgan fingerprint density at radius 1 is 0.852 bits per heavy atom. The molecule has 0 unspecified atom stereocenters. The Morgan fingerprint density at radius 3 is 2.19 bits per heavy atom. The van der Waals surface area contributed by atoms with Crippen molar-refractivity contribution in [1.29, 1.82) is 0 Å². The number of benzene rings is 2. The van der Waals surface area contributed by atoms with E-state index in [2.05, 4.69) is 15.0 Å². The van der Waals surface area contributed by atoms with Gasteiger partial charge in [-0.05, 0) is 55.0 Å². The molecule has 2 N–H and O–H groups in total. The van der Waals surface area contributed by atoms with E-state index < -0.39 is 27.5 Å². The molecule has 0 aliphatic carbocycles. The van der Waals surface area contributed by atoms with Gasteiger partial charge in [-0.1, -0.05) is 0 Å². The van der Waals surface area contributed by atoms with Crippen LogP contribution in [0.15, 0.2) is 59.6 Å². The van der Waals surface area contributed by atoms with Gasteiger partial charge in [0.2, 0.25) is 0 Å². The molecule has 0 saturated carbocycles. The van der Waals surface area contributed by atoms with Gasteiger partial charge in [-0.15, -0.1) is 0 Å². The Labute approximate surface area is 153 Å². The third kappa shape index (κ3) is 4.37. The zero-order chi connectivity index (χ0) is 19.6. The minimum absolute atomic E-state index is 0.0783. The molecule has 1 heterocycles. The van der Waals surface area contributed by atoms with Gasteiger partial charge in [0.05, 0.1) is 16.8 Å². The summed E-state index contributed by atoms with van der Waals surface area (Å²) in [4.78, 5) is 3.94. The molecule has 0 aliphatic rings. The summed E-state index contributed by atoms with van der Waals surface area (Å²) in [5, 5.41) is 2.77. The van der Waals surface area contributed by atoms with E-state index in [-0.39, 0.29) is 21.8 Å². The first-order chi connectivity index (χ1) is 12.7. The maximum Gasteiger partial charge on any atom is 0.261 e. The van der Waals surface area contributed by atoms with Crippen LogP contribution in [-0.2, 0) is 10.0 Å². The van der Waals surface area contributed by atoms with E-state index in [9.17, 15) is 21.6 Å². The van der Waals surface area contributed by atoms with E-state index >= 15 is 0 Å². The van der Waals surface area contributed by atoms with E-state index in [1.807, 2.05) is 0 Å². The highest BCUT2D eigenvalue weighted by Crippen LogP contribution is 2.21. The number of hydrogen-bond acceptors (Lipinski definition) is 4. The fourth-order valence-electron chi connectivity index (χ4n) is 2.25. The van der Waals surface area contributed by atoms with Crippen LogP contribution in [0.1, 0.15) is 5.56 Å². The van der Waals surface area contributed by atoms with E-state index in [4.69, 9.17) is 0 Å². The molecule has 3 rings (SSSR count). The molecule has 0 radical (unpaired) electrons. The van der Waals surface area contributed by atoms with Crippen molar-refractivity contribution in [3.8, 4) is 0 Å². The maximum absolute atomic E-state index is 13.3. The van der Waals surface area contributed by atoms with Crippen LogP contribution in [0.2, 0.25) is 0 Å². The summed E-state index contributed by atoms with van der Waals surface area (Å²) in [6.07, 6.45) is 1.26. The Kier molecular flexibility index (Phi) is 5.04. The monoisotopic (exact) mass is 393 g/mol. The number of halogens is 3. The molecule has 3 aromatic rings. The van der Waals surface area contributed by atoms with Gasteiger partial charge >= 0.3 is 0 Å². The van der Waals surface area contributed by atoms with Gasteiger partial charge in [0.1, 0.15) is 11.6 Å². The standard InChI is InChI=1S/C18H14F3N3O2S/c1-11-8-14(4-6-15(11)19)27(25,26)24-13-3-7-18(22-10-13)23-12-2-5-16(20)17(21)9-12/h2-10,24H,1H3,(H,22,23). The highest BCUT2D eigenvalue weighted by atomic mass is 32.2. The predicted molar refractivity (Wildman–Crippen MR) is 95.8 cm³/mol.